The number of carbonyl (C=O) groups excluding carboxylic acids is 1. The van der Waals surface area contributed by atoms with Crippen molar-refractivity contribution in [2.45, 2.75) is 31.4 Å². The number of nitrogens with one attached hydrogen (secondary N) is 1. The van der Waals surface area contributed by atoms with E-state index < -0.39 is 0 Å². The van der Waals surface area contributed by atoms with Crippen molar-refractivity contribution in [3.63, 3.8) is 0 Å². The Hall–Kier alpha value is -1.91. The number of amides is 1. The van der Waals surface area contributed by atoms with E-state index in [-0.39, 0.29) is 29.9 Å². The molecule has 2 aromatic rings. The first kappa shape index (κ1) is 16.9. The quantitative estimate of drug-likeness (QED) is 0.868. The van der Waals surface area contributed by atoms with Crippen molar-refractivity contribution in [1.29, 1.82) is 0 Å². The number of pyridine rings is 1. The van der Waals surface area contributed by atoms with Gasteiger partial charge in [0, 0.05) is 30.4 Å². The molecule has 1 aliphatic rings. The summed E-state index contributed by atoms with van der Waals surface area (Å²) in [7, 11) is 1.65. The number of aromatic nitrogens is 1. The molecule has 1 saturated carbocycles. The smallest absolute Gasteiger partial charge is 0.224 e. The molecule has 1 N–H and O–H groups in total. The lowest BCUT2D eigenvalue weighted by Crippen LogP contribution is -2.38. The van der Waals surface area contributed by atoms with Gasteiger partial charge in [0.05, 0.1) is 6.04 Å². The molecule has 0 bridgehead atoms. The molecule has 0 spiro atoms. The van der Waals surface area contributed by atoms with Gasteiger partial charge < -0.3 is 10.1 Å². The molecule has 4 nitrogen and oxygen atoms in total. The molecule has 0 aliphatic heterocycles. The minimum atomic E-state index is -0.207. The van der Waals surface area contributed by atoms with E-state index in [1.54, 1.807) is 13.3 Å². The van der Waals surface area contributed by atoms with Crippen LogP contribution in [0, 0.1) is 5.92 Å². The third kappa shape index (κ3) is 3.77. The van der Waals surface area contributed by atoms with Crippen LogP contribution >= 0.6 is 11.6 Å². The Bertz CT molecular complexity index is 690. The SMILES string of the molecule is CO[C@H](c1ccc(Cl)cc1)[C@H](C)NC(=O)[C@H]1C[C@H]1c1cccnc1. The average molecular weight is 345 g/mol. The third-order valence-corrected chi connectivity index (χ3v) is 4.77. The number of carbonyl (C=O) groups is 1. The molecule has 4 atom stereocenters. The van der Waals surface area contributed by atoms with Gasteiger partial charge in [0.2, 0.25) is 5.91 Å². The molecule has 1 aromatic heterocycles. The first-order valence-electron chi connectivity index (χ1n) is 8.08. The normalized spacial score (nSPS) is 21.8. The van der Waals surface area contributed by atoms with Crippen LogP contribution in [0.2, 0.25) is 5.02 Å². The molecule has 1 amide bonds. The predicted octanol–water partition coefficient (Wildman–Crippen LogP) is 3.73. The lowest BCUT2D eigenvalue weighted by molar-refractivity contribution is -0.124. The maximum atomic E-state index is 12.5. The van der Waals surface area contributed by atoms with Crippen LogP contribution in [-0.2, 0) is 9.53 Å². The number of hydrogen-bond acceptors (Lipinski definition) is 3. The van der Waals surface area contributed by atoms with Gasteiger partial charge in [0.1, 0.15) is 6.10 Å². The molecule has 1 heterocycles. The number of halogens is 1. The standard InChI is InChI=1S/C19H21ClN2O2/c1-12(18(24-2)13-5-7-15(20)8-6-13)22-19(23)17-10-16(17)14-4-3-9-21-11-14/h3-9,11-12,16-18H,10H2,1-2H3,(H,22,23)/t12-,16-,17-,18-/m0/s1. The Morgan fingerprint density at radius 3 is 2.71 bits per heavy atom. The van der Waals surface area contributed by atoms with Gasteiger partial charge in [0.25, 0.3) is 0 Å². The summed E-state index contributed by atoms with van der Waals surface area (Å²) in [6, 6.07) is 11.3. The van der Waals surface area contributed by atoms with Gasteiger partial charge in [-0.25, -0.2) is 0 Å². The Morgan fingerprint density at radius 1 is 1.33 bits per heavy atom. The molecule has 1 aliphatic carbocycles. The highest BCUT2D eigenvalue weighted by Gasteiger charge is 2.44. The summed E-state index contributed by atoms with van der Waals surface area (Å²) in [5.74, 6) is 0.383. The van der Waals surface area contributed by atoms with Gasteiger partial charge in [-0.15, -0.1) is 0 Å². The summed E-state index contributed by atoms with van der Waals surface area (Å²) in [6.45, 7) is 1.96. The number of rotatable bonds is 6. The van der Waals surface area contributed by atoms with E-state index in [0.29, 0.717) is 5.02 Å². The van der Waals surface area contributed by atoms with Crippen LogP contribution in [0.15, 0.2) is 48.8 Å². The van der Waals surface area contributed by atoms with Gasteiger partial charge in [0.15, 0.2) is 0 Å². The van der Waals surface area contributed by atoms with Crippen LogP contribution in [0.5, 0.6) is 0 Å². The Balaban J connectivity index is 1.60. The van der Waals surface area contributed by atoms with Crippen molar-refractivity contribution in [2.75, 3.05) is 7.11 Å². The molecule has 1 fully saturated rings. The minimum Gasteiger partial charge on any atom is -0.375 e. The monoisotopic (exact) mass is 344 g/mol. The number of hydrogen-bond donors (Lipinski definition) is 1. The van der Waals surface area contributed by atoms with E-state index in [1.807, 2.05) is 49.5 Å². The summed E-state index contributed by atoms with van der Waals surface area (Å²) < 4.78 is 5.58. The molecule has 3 rings (SSSR count). The molecular formula is C19H21ClN2O2. The van der Waals surface area contributed by atoms with Crippen LogP contribution < -0.4 is 5.32 Å². The lowest BCUT2D eigenvalue weighted by atomic mass is 10.0. The predicted molar refractivity (Wildman–Crippen MR) is 93.9 cm³/mol. The van der Waals surface area contributed by atoms with E-state index in [0.717, 1.165) is 17.5 Å². The molecule has 126 valence electrons. The van der Waals surface area contributed by atoms with Crippen LogP contribution in [0.25, 0.3) is 0 Å². The van der Waals surface area contributed by atoms with E-state index in [2.05, 4.69) is 10.3 Å². The van der Waals surface area contributed by atoms with Gasteiger partial charge in [-0.3, -0.25) is 9.78 Å². The lowest BCUT2D eigenvalue weighted by Gasteiger charge is -2.24. The minimum absolute atomic E-state index is 0.0272. The van der Waals surface area contributed by atoms with Crippen molar-refractivity contribution in [1.82, 2.24) is 10.3 Å². The largest absolute Gasteiger partial charge is 0.375 e. The van der Waals surface area contributed by atoms with Gasteiger partial charge in [-0.1, -0.05) is 29.8 Å². The van der Waals surface area contributed by atoms with Gasteiger partial charge in [-0.05, 0) is 48.6 Å². The zero-order valence-electron chi connectivity index (χ0n) is 13.8. The molecule has 5 heteroatoms. The second-order valence-electron chi connectivity index (χ2n) is 6.24. The fourth-order valence-electron chi connectivity index (χ4n) is 3.14. The van der Waals surface area contributed by atoms with Crippen molar-refractivity contribution >= 4 is 17.5 Å². The highest BCUT2D eigenvalue weighted by Crippen LogP contribution is 2.47. The zero-order valence-corrected chi connectivity index (χ0v) is 14.5. The Morgan fingerprint density at radius 2 is 2.08 bits per heavy atom. The van der Waals surface area contributed by atoms with Gasteiger partial charge >= 0.3 is 0 Å². The Labute approximate surface area is 147 Å². The van der Waals surface area contributed by atoms with E-state index in [4.69, 9.17) is 16.3 Å². The third-order valence-electron chi connectivity index (χ3n) is 4.52. The first-order chi connectivity index (χ1) is 11.6. The number of benzene rings is 1. The summed E-state index contributed by atoms with van der Waals surface area (Å²) >= 11 is 5.93. The topological polar surface area (TPSA) is 51.2 Å². The highest BCUT2D eigenvalue weighted by molar-refractivity contribution is 6.30. The number of methoxy groups -OCH3 is 1. The van der Waals surface area contributed by atoms with Crippen LogP contribution in [0.1, 0.15) is 36.5 Å². The number of ether oxygens (including phenoxy) is 1. The second-order valence-corrected chi connectivity index (χ2v) is 6.68. The fourth-order valence-corrected chi connectivity index (χ4v) is 3.26. The van der Waals surface area contributed by atoms with Crippen LogP contribution in [0.3, 0.4) is 0 Å². The van der Waals surface area contributed by atoms with Crippen molar-refractivity contribution in [3.8, 4) is 0 Å². The van der Waals surface area contributed by atoms with Crippen molar-refractivity contribution in [3.05, 3.63) is 64.9 Å². The maximum absolute atomic E-state index is 12.5. The molecule has 0 radical (unpaired) electrons. The molecular weight excluding hydrogens is 324 g/mol. The highest BCUT2D eigenvalue weighted by atomic mass is 35.5. The van der Waals surface area contributed by atoms with Gasteiger partial charge in [-0.2, -0.15) is 0 Å². The fraction of sp³-hybridized carbons (Fsp3) is 0.368. The van der Waals surface area contributed by atoms with E-state index >= 15 is 0 Å². The first-order valence-corrected chi connectivity index (χ1v) is 8.46. The van der Waals surface area contributed by atoms with E-state index in [1.165, 1.54) is 0 Å². The van der Waals surface area contributed by atoms with Crippen molar-refractivity contribution < 1.29 is 9.53 Å². The summed E-state index contributed by atoms with van der Waals surface area (Å²) in [4.78, 5) is 16.6. The molecule has 1 aromatic carbocycles. The summed E-state index contributed by atoms with van der Waals surface area (Å²) in [5, 5.41) is 3.77. The van der Waals surface area contributed by atoms with Crippen molar-refractivity contribution in [2.24, 2.45) is 5.92 Å². The van der Waals surface area contributed by atoms with Crippen LogP contribution in [-0.4, -0.2) is 24.0 Å². The Kier molecular flexibility index (Phi) is 5.17. The second kappa shape index (κ2) is 7.32. The summed E-state index contributed by atoms with van der Waals surface area (Å²) in [6.07, 6.45) is 4.26. The molecule has 0 saturated heterocycles. The number of nitrogens with zero attached hydrogens (tertiary/aromatic N) is 1. The summed E-state index contributed by atoms with van der Waals surface area (Å²) in [5.41, 5.74) is 2.13. The molecule has 24 heavy (non-hydrogen) atoms. The molecule has 0 unspecified atom stereocenters. The van der Waals surface area contributed by atoms with E-state index in [9.17, 15) is 4.79 Å². The zero-order chi connectivity index (χ0) is 17.1. The van der Waals surface area contributed by atoms with Crippen LogP contribution in [0.4, 0.5) is 0 Å². The maximum Gasteiger partial charge on any atom is 0.224 e. The average Bonchev–Trinajstić information content (AvgIpc) is 3.39.